The summed E-state index contributed by atoms with van der Waals surface area (Å²) in [5, 5.41) is 9.04. The van der Waals surface area contributed by atoms with Gasteiger partial charge in [-0.25, -0.2) is 10.3 Å². The Morgan fingerprint density at radius 2 is 2.12 bits per heavy atom. The van der Waals surface area contributed by atoms with Gasteiger partial charge in [-0.2, -0.15) is 0 Å². The second-order valence-corrected chi connectivity index (χ2v) is 3.99. The zero-order chi connectivity index (χ0) is 11.7. The van der Waals surface area contributed by atoms with E-state index in [1.807, 2.05) is 0 Å². The predicted molar refractivity (Wildman–Crippen MR) is 59.4 cm³/mol. The van der Waals surface area contributed by atoms with Crippen molar-refractivity contribution in [2.24, 2.45) is 0 Å². The molecule has 0 aliphatic rings. The molecule has 6 heteroatoms. The molecule has 0 atom stereocenters. The molecule has 0 saturated heterocycles. The molecule has 0 unspecified atom stereocenters. The van der Waals surface area contributed by atoms with Gasteiger partial charge in [0.1, 0.15) is 11.1 Å². The fraction of sp³-hybridized carbons (Fsp3) is 0. The van der Waals surface area contributed by atoms with E-state index in [9.17, 15) is 9.59 Å². The van der Waals surface area contributed by atoms with Crippen LogP contribution in [0, 0.1) is 0 Å². The van der Waals surface area contributed by atoms with Gasteiger partial charge in [0.25, 0.3) is 5.91 Å². The Balaban J connectivity index is 2.74. The number of halogens is 1. The first-order valence-electron chi connectivity index (χ1n) is 4.29. The molecule has 0 aliphatic carbocycles. The Bertz CT molecular complexity index is 620. The monoisotopic (exact) mass is 283 g/mol. The summed E-state index contributed by atoms with van der Waals surface area (Å²) in [6, 6.07) is 6.39. The van der Waals surface area contributed by atoms with Crippen molar-refractivity contribution in [3.8, 4) is 0 Å². The molecule has 1 aromatic carbocycles. The van der Waals surface area contributed by atoms with Gasteiger partial charge in [-0.3, -0.25) is 10.0 Å². The van der Waals surface area contributed by atoms with Crippen molar-refractivity contribution in [3.63, 3.8) is 0 Å². The van der Waals surface area contributed by atoms with Gasteiger partial charge in [0.2, 0.25) is 0 Å². The second-order valence-electron chi connectivity index (χ2n) is 3.07. The van der Waals surface area contributed by atoms with E-state index in [1.54, 1.807) is 18.2 Å². The lowest BCUT2D eigenvalue weighted by Gasteiger charge is -2.00. The van der Waals surface area contributed by atoms with Gasteiger partial charge in [-0.15, -0.1) is 0 Å². The molecular weight excluding hydrogens is 278 g/mol. The number of carbonyl (C=O) groups excluding carboxylic acids is 1. The van der Waals surface area contributed by atoms with Crippen LogP contribution >= 0.6 is 15.9 Å². The highest BCUT2D eigenvalue weighted by atomic mass is 79.9. The number of hydrogen-bond acceptors (Lipinski definition) is 4. The van der Waals surface area contributed by atoms with Crippen LogP contribution in [0.5, 0.6) is 0 Å². The average Bonchev–Trinajstić information content (AvgIpc) is 2.28. The first-order chi connectivity index (χ1) is 7.61. The summed E-state index contributed by atoms with van der Waals surface area (Å²) >= 11 is 3.26. The lowest BCUT2D eigenvalue weighted by atomic mass is 10.2. The van der Waals surface area contributed by atoms with Crippen molar-refractivity contribution in [1.29, 1.82) is 0 Å². The van der Waals surface area contributed by atoms with E-state index in [0.717, 1.165) is 4.47 Å². The fourth-order valence-corrected chi connectivity index (χ4v) is 1.69. The third-order valence-corrected chi connectivity index (χ3v) is 2.53. The van der Waals surface area contributed by atoms with E-state index >= 15 is 0 Å². The molecule has 2 aromatic rings. The van der Waals surface area contributed by atoms with E-state index < -0.39 is 11.5 Å². The SMILES string of the molecule is O=C(NO)c1cc2cc(Br)ccc2oc1=O. The number of benzene rings is 1. The van der Waals surface area contributed by atoms with Crippen LogP contribution in [-0.4, -0.2) is 11.1 Å². The normalized spacial score (nSPS) is 10.4. The largest absolute Gasteiger partial charge is 0.422 e. The van der Waals surface area contributed by atoms with Crippen LogP contribution in [0.4, 0.5) is 0 Å². The molecule has 2 rings (SSSR count). The molecule has 0 fully saturated rings. The molecule has 0 bridgehead atoms. The summed E-state index contributed by atoms with van der Waals surface area (Å²) in [7, 11) is 0. The first-order valence-corrected chi connectivity index (χ1v) is 5.09. The number of nitrogens with one attached hydrogen (secondary N) is 1. The molecule has 5 nitrogen and oxygen atoms in total. The van der Waals surface area contributed by atoms with Crippen molar-refractivity contribution < 1.29 is 14.4 Å². The van der Waals surface area contributed by atoms with Crippen molar-refractivity contribution >= 4 is 32.8 Å². The maximum absolute atomic E-state index is 11.4. The molecule has 16 heavy (non-hydrogen) atoms. The van der Waals surface area contributed by atoms with Gasteiger partial charge < -0.3 is 4.42 Å². The summed E-state index contributed by atoms with van der Waals surface area (Å²) in [6.45, 7) is 0. The van der Waals surface area contributed by atoms with Crippen LogP contribution in [0.15, 0.2) is 37.9 Å². The topological polar surface area (TPSA) is 79.5 Å². The Hall–Kier alpha value is -1.66. The highest BCUT2D eigenvalue weighted by molar-refractivity contribution is 9.10. The lowest BCUT2D eigenvalue weighted by molar-refractivity contribution is 0.0702. The van der Waals surface area contributed by atoms with Crippen LogP contribution in [-0.2, 0) is 0 Å². The van der Waals surface area contributed by atoms with E-state index in [2.05, 4.69) is 15.9 Å². The molecule has 1 amide bonds. The molecule has 0 spiro atoms. The summed E-state index contributed by atoms with van der Waals surface area (Å²) in [6.07, 6.45) is 0. The molecule has 0 saturated carbocycles. The summed E-state index contributed by atoms with van der Waals surface area (Å²) in [4.78, 5) is 22.5. The van der Waals surface area contributed by atoms with Gasteiger partial charge in [0.05, 0.1) is 0 Å². The molecule has 2 N–H and O–H groups in total. The number of hydrogen-bond donors (Lipinski definition) is 2. The van der Waals surface area contributed by atoms with Crippen molar-refractivity contribution in [1.82, 2.24) is 5.48 Å². The van der Waals surface area contributed by atoms with Crippen molar-refractivity contribution in [2.45, 2.75) is 0 Å². The van der Waals surface area contributed by atoms with Crippen LogP contribution in [0.3, 0.4) is 0 Å². The number of rotatable bonds is 1. The number of carbonyl (C=O) groups is 1. The Morgan fingerprint density at radius 1 is 1.38 bits per heavy atom. The zero-order valence-electron chi connectivity index (χ0n) is 7.86. The Labute approximate surface area is 97.8 Å². The van der Waals surface area contributed by atoms with E-state index in [1.165, 1.54) is 11.5 Å². The smallest absolute Gasteiger partial charge is 0.349 e. The average molecular weight is 284 g/mol. The van der Waals surface area contributed by atoms with Gasteiger partial charge >= 0.3 is 5.63 Å². The zero-order valence-corrected chi connectivity index (χ0v) is 9.45. The van der Waals surface area contributed by atoms with Gasteiger partial charge in [0.15, 0.2) is 0 Å². The maximum Gasteiger partial charge on any atom is 0.349 e. The summed E-state index contributed by atoms with van der Waals surface area (Å²) < 4.78 is 5.72. The quantitative estimate of drug-likeness (QED) is 0.474. The highest BCUT2D eigenvalue weighted by Crippen LogP contribution is 2.19. The Morgan fingerprint density at radius 3 is 2.81 bits per heavy atom. The highest BCUT2D eigenvalue weighted by Gasteiger charge is 2.12. The standard InChI is InChI=1S/C10H6BrNO4/c11-6-1-2-8-5(3-6)4-7(9(13)12-15)10(14)16-8/h1-4,15H,(H,12,13). The van der Waals surface area contributed by atoms with Gasteiger partial charge in [-0.1, -0.05) is 15.9 Å². The third kappa shape index (κ3) is 1.84. The first kappa shape index (κ1) is 10.8. The van der Waals surface area contributed by atoms with E-state index in [4.69, 9.17) is 9.62 Å². The molecule has 0 aliphatic heterocycles. The third-order valence-electron chi connectivity index (χ3n) is 2.04. The summed E-state index contributed by atoms with van der Waals surface area (Å²) in [5.41, 5.74) is 0.735. The van der Waals surface area contributed by atoms with Crippen LogP contribution in [0.25, 0.3) is 11.0 Å². The Kier molecular flexibility index (Phi) is 2.76. The molecule has 82 valence electrons. The van der Waals surface area contributed by atoms with Gasteiger partial charge in [-0.05, 0) is 24.3 Å². The number of amides is 1. The van der Waals surface area contributed by atoms with Crippen LogP contribution in [0.1, 0.15) is 10.4 Å². The van der Waals surface area contributed by atoms with Gasteiger partial charge in [0, 0.05) is 9.86 Å². The van der Waals surface area contributed by atoms with E-state index in [0.29, 0.717) is 11.0 Å². The predicted octanol–water partition coefficient (Wildman–Crippen LogP) is 1.67. The summed E-state index contributed by atoms with van der Waals surface area (Å²) in [5.74, 6) is -0.893. The molecule has 0 radical (unpaired) electrons. The van der Waals surface area contributed by atoms with Crippen molar-refractivity contribution in [2.75, 3.05) is 0 Å². The van der Waals surface area contributed by atoms with E-state index in [-0.39, 0.29) is 5.56 Å². The second kappa shape index (κ2) is 4.07. The molecule has 1 aromatic heterocycles. The van der Waals surface area contributed by atoms with Crippen LogP contribution < -0.4 is 11.1 Å². The van der Waals surface area contributed by atoms with Crippen LogP contribution in [0.2, 0.25) is 0 Å². The maximum atomic E-state index is 11.4. The minimum atomic E-state index is -0.893. The minimum absolute atomic E-state index is 0.242. The minimum Gasteiger partial charge on any atom is -0.422 e. The molecule has 1 heterocycles. The van der Waals surface area contributed by atoms with Crippen molar-refractivity contribution in [3.05, 3.63) is 44.7 Å². The lowest BCUT2D eigenvalue weighted by Crippen LogP contribution is -2.25. The fourth-order valence-electron chi connectivity index (χ4n) is 1.31. The number of hydroxylamine groups is 1. The number of fused-ring (bicyclic) bond motifs is 1. The molecular formula is C10H6BrNO4.